The van der Waals surface area contributed by atoms with Crippen LogP contribution in [0, 0.1) is 6.92 Å². The fraction of sp³-hybridized carbons (Fsp3) is 0.300. The van der Waals surface area contributed by atoms with Crippen LogP contribution in [0.5, 0.6) is 17.2 Å². The zero-order chi connectivity index (χ0) is 20.8. The summed E-state index contributed by atoms with van der Waals surface area (Å²) < 4.78 is 20.9. The number of benzene rings is 2. The average molecular weight is 408 g/mol. The van der Waals surface area contributed by atoms with Gasteiger partial charge in [0.2, 0.25) is 0 Å². The standard InChI is InChI=1S/C20H22ClNO6/c1-11-8-13(6-7-15(11)21)28-12(2)19(23)22-16-10-18(26-4)17(25-3)9-14(16)20(24)27-5/h6-10,12H,1-5H3,(H,22,23). The summed E-state index contributed by atoms with van der Waals surface area (Å²) in [6, 6.07) is 8.04. The van der Waals surface area contributed by atoms with Crippen LogP contribution in [0.3, 0.4) is 0 Å². The normalized spacial score (nSPS) is 11.4. The number of methoxy groups -OCH3 is 3. The number of aryl methyl sites for hydroxylation is 1. The van der Waals surface area contributed by atoms with E-state index < -0.39 is 18.0 Å². The molecule has 8 heteroatoms. The number of esters is 1. The molecule has 2 rings (SSSR count). The van der Waals surface area contributed by atoms with Crippen molar-refractivity contribution in [3.05, 3.63) is 46.5 Å². The molecule has 0 aromatic heterocycles. The van der Waals surface area contributed by atoms with E-state index in [2.05, 4.69) is 5.32 Å². The molecule has 2 aromatic carbocycles. The van der Waals surface area contributed by atoms with Gasteiger partial charge in [0.25, 0.3) is 5.91 Å². The number of rotatable bonds is 7. The van der Waals surface area contributed by atoms with Crippen molar-refractivity contribution in [2.24, 2.45) is 0 Å². The van der Waals surface area contributed by atoms with Gasteiger partial charge in [0, 0.05) is 17.2 Å². The summed E-state index contributed by atoms with van der Waals surface area (Å²) >= 11 is 6.00. The van der Waals surface area contributed by atoms with Gasteiger partial charge >= 0.3 is 5.97 Å². The minimum atomic E-state index is -0.834. The lowest BCUT2D eigenvalue weighted by molar-refractivity contribution is -0.122. The van der Waals surface area contributed by atoms with Crippen molar-refractivity contribution in [1.29, 1.82) is 0 Å². The van der Waals surface area contributed by atoms with E-state index in [9.17, 15) is 9.59 Å². The molecule has 7 nitrogen and oxygen atoms in total. The van der Waals surface area contributed by atoms with Crippen molar-refractivity contribution >= 4 is 29.2 Å². The van der Waals surface area contributed by atoms with Gasteiger partial charge in [-0.05, 0) is 37.6 Å². The molecule has 0 bridgehead atoms. The van der Waals surface area contributed by atoms with E-state index in [0.29, 0.717) is 22.3 Å². The second-order valence-electron chi connectivity index (χ2n) is 5.90. The molecule has 0 spiro atoms. The first kappa shape index (κ1) is 21.4. The topological polar surface area (TPSA) is 83.1 Å². The molecule has 0 saturated heterocycles. The van der Waals surface area contributed by atoms with Crippen LogP contribution in [0.25, 0.3) is 0 Å². The van der Waals surface area contributed by atoms with E-state index >= 15 is 0 Å². The summed E-state index contributed by atoms with van der Waals surface area (Å²) in [5.74, 6) is 0.113. The second-order valence-corrected chi connectivity index (χ2v) is 6.31. The first-order valence-electron chi connectivity index (χ1n) is 8.38. The van der Waals surface area contributed by atoms with Crippen LogP contribution >= 0.6 is 11.6 Å². The highest BCUT2D eigenvalue weighted by Gasteiger charge is 2.22. The molecule has 28 heavy (non-hydrogen) atoms. The van der Waals surface area contributed by atoms with Crippen molar-refractivity contribution in [1.82, 2.24) is 0 Å². The van der Waals surface area contributed by atoms with Crippen molar-refractivity contribution in [2.75, 3.05) is 26.6 Å². The minimum Gasteiger partial charge on any atom is -0.493 e. The second kappa shape index (κ2) is 9.32. The van der Waals surface area contributed by atoms with Crippen LogP contribution in [-0.2, 0) is 9.53 Å². The van der Waals surface area contributed by atoms with E-state index in [-0.39, 0.29) is 11.3 Å². The number of anilines is 1. The summed E-state index contributed by atoms with van der Waals surface area (Å²) in [5.41, 5.74) is 1.18. The summed E-state index contributed by atoms with van der Waals surface area (Å²) in [5, 5.41) is 3.28. The monoisotopic (exact) mass is 407 g/mol. The summed E-state index contributed by atoms with van der Waals surface area (Å²) in [7, 11) is 4.15. The van der Waals surface area contributed by atoms with Crippen molar-refractivity contribution in [2.45, 2.75) is 20.0 Å². The highest BCUT2D eigenvalue weighted by atomic mass is 35.5. The number of carbonyl (C=O) groups excluding carboxylic acids is 2. The summed E-state index contributed by atoms with van der Waals surface area (Å²) in [6.07, 6.45) is -0.834. The molecule has 0 aliphatic carbocycles. The van der Waals surface area contributed by atoms with Gasteiger partial charge < -0.3 is 24.3 Å². The third-order valence-electron chi connectivity index (χ3n) is 4.00. The van der Waals surface area contributed by atoms with Crippen molar-refractivity contribution < 1.29 is 28.5 Å². The molecule has 1 unspecified atom stereocenters. The zero-order valence-corrected chi connectivity index (χ0v) is 17.0. The fourth-order valence-electron chi connectivity index (χ4n) is 2.44. The lowest BCUT2D eigenvalue weighted by Crippen LogP contribution is -2.30. The van der Waals surface area contributed by atoms with E-state index in [1.807, 2.05) is 6.92 Å². The largest absolute Gasteiger partial charge is 0.493 e. The lowest BCUT2D eigenvalue weighted by atomic mass is 10.1. The minimum absolute atomic E-state index is 0.128. The average Bonchev–Trinajstić information content (AvgIpc) is 2.69. The number of ether oxygens (including phenoxy) is 4. The summed E-state index contributed by atoms with van der Waals surface area (Å²) in [6.45, 7) is 3.43. The molecule has 1 atom stereocenters. The Balaban J connectivity index is 2.25. The van der Waals surface area contributed by atoms with Crippen molar-refractivity contribution in [3.8, 4) is 17.2 Å². The van der Waals surface area contributed by atoms with Crippen LogP contribution in [0.4, 0.5) is 5.69 Å². The van der Waals surface area contributed by atoms with Crippen LogP contribution in [0.1, 0.15) is 22.8 Å². The SMILES string of the molecule is COC(=O)c1cc(OC)c(OC)cc1NC(=O)C(C)Oc1ccc(Cl)c(C)c1. The molecule has 0 saturated carbocycles. The lowest BCUT2D eigenvalue weighted by Gasteiger charge is -2.18. The Kier molecular flexibility index (Phi) is 7.12. The molecule has 1 N–H and O–H groups in total. The number of hydrogen-bond donors (Lipinski definition) is 1. The van der Waals surface area contributed by atoms with Crippen LogP contribution in [-0.4, -0.2) is 39.3 Å². The maximum Gasteiger partial charge on any atom is 0.340 e. The fourth-order valence-corrected chi connectivity index (χ4v) is 2.56. The predicted molar refractivity (Wildman–Crippen MR) is 106 cm³/mol. The molecule has 2 aromatic rings. The first-order valence-corrected chi connectivity index (χ1v) is 8.76. The van der Waals surface area contributed by atoms with Gasteiger partial charge in [-0.25, -0.2) is 4.79 Å². The molecular formula is C20H22ClNO6. The van der Waals surface area contributed by atoms with Gasteiger partial charge in [0.1, 0.15) is 5.75 Å². The molecule has 0 aliphatic heterocycles. The smallest absolute Gasteiger partial charge is 0.340 e. The van der Waals surface area contributed by atoms with Gasteiger partial charge in [-0.1, -0.05) is 11.6 Å². The van der Waals surface area contributed by atoms with Crippen LogP contribution in [0.15, 0.2) is 30.3 Å². The summed E-state index contributed by atoms with van der Waals surface area (Å²) in [4.78, 5) is 24.7. The van der Waals surface area contributed by atoms with E-state index in [4.69, 9.17) is 30.5 Å². The van der Waals surface area contributed by atoms with Crippen LogP contribution < -0.4 is 19.5 Å². The Hall–Kier alpha value is -2.93. The van der Waals surface area contributed by atoms with Crippen LogP contribution in [0.2, 0.25) is 5.02 Å². The molecule has 0 fully saturated rings. The Morgan fingerprint density at radius 3 is 2.25 bits per heavy atom. The van der Waals surface area contributed by atoms with Gasteiger partial charge in [-0.15, -0.1) is 0 Å². The third kappa shape index (κ3) is 4.86. The van der Waals surface area contributed by atoms with E-state index in [0.717, 1.165) is 5.56 Å². The quantitative estimate of drug-likeness (QED) is 0.702. The number of amides is 1. The number of carbonyl (C=O) groups is 2. The number of hydrogen-bond acceptors (Lipinski definition) is 6. The molecular weight excluding hydrogens is 386 g/mol. The van der Waals surface area contributed by atoms with Gasteiger partial charge in [0.05, 0.1) is 32.6 Å². The van der Waals surface area contributed by atoms with Crippen molar-refractivity contribution in [3.63, 3.8) is 0 Å². The predicted octanol–water partition coefficient (Wildman–Crippen LogP) is 3.86. The zero-order valence-electron chi connectivity index (χ0n) is 16.3. The molecule has 1 amide bonds. The van der Waals surface area contributed by atoms with E-state index in [1.165, 1.54) is 33.5 Å². The Labute approximate surface area is 168 Å². The molecule has 150 valence electrons. The molecule has 0 radical (unpaired) electrons. The maximum absolute atomic E-state index is 12.6. The number of nitrogens with one attached hydrogen (secondary N) is 1. The highest BCUT2D eigenvalue weighted by Crippen LogP contribution is 2.34. The van der Waals surface area contributed by atoms with Gasteiger partial charge in [0.15, 0.2) is 17.6 Å². The number of halogens is 1. The Morgan fingerprint density at radius 1 is 1.04 bits per heavy atom. The maximum atomic E-state index is 12.6. The Morgan fingerprint density at radius 2 is 1.68 bits per heavy atom. The highest BCUT2D eigenvalue weighted by molar-refractivity contribution is 6.31. The Bertz CT molecular complexity index is 883. The first-order chi connectivity index (χ1) is 13.3. The van der Waals surface area contributed by atoms with E-state index in [1.54, 1.807) is 25.1 Å². The third-order valence-corrected chi connectivity index (χ3v) is 4.42. The molecule has 0 heterocycles. The van der Waals surface area contributed by atoms with Gasteiger partial charge in [-0.3, -0.25) is 4.79 Å². The molecule has 0 aliphatic rings. The van der Waals surface area contributed by atoms with Gasteiger partial charge in [-0.2, -0.15) is 0 Å².